The van der Waals surface area contributed by atoms with Gasteiger partial charge in [0.05, 0.1) is 5.41 Å². The fraction of sp³-hybridized carbons (Fsp3) is 0.600. The molecule has 0 bridgehead atoms. The van der Waals surface area contributed by atoms with Crippen LogP contribution in [0.2, 0.25) is 0 Å². The van der Waals surface area contributed by atoms with Crippen molar-refractivity contribution in [2.24, 2.45) is 11.3 Å². The van der Waals surface area contributed by atoms with Crippen LogP contribution in [0.3, 0.4) is 0 Å². The molecule has 1 aromatic carbocycles. The minimum Gasteiger partial charge on any atom is -0.381 e. The van der Waals surface area contributed by atoms with E-state index >= 15 is 0 Å². The summed E-state index contributed by atoms with van der Waals surface area (Å²) in [4.78, 5) is 29.9. The van der Waals surface area contributed by atoms with Crippen molar-refractivity contribution >= 4 is 11.8 Å². The smallest absolute Gasteiger partial charge is 0.231 e. The van der Waals surface area contributed by atoms with Gasteiger partial charge in [-0.3, -0.25) is 9.59 Å². The van der Waals surface area contributed by atoms with Crippen LogP contribution in [0.4, 0.5) is 0 Å². The number of likely N-dealkylation sites (tertiary alicyclic amines) is 2. The summed E-state index contributed by atoms with van der Waals surface area (Å²) in [6.07, 6.45) is 2.43. The molecule has 0 radical (unpaired) electrons. The fourth-order valence-corrected chi connectivity index (χ4v) is 4.82. The molecule has 1 spiro atoms. The van der Waals surface area contributed by atoms with Gasteiger partial charge in [0.1, 0.15) is 0 Å². The zero-order valence-corrected chi connectivity index (χ0v) is 14.8. The lowest BCUT2D eigenvalue weighted by atomic mass is 9.73. The maximum atomic E-state index is 13.1. The Morgan fingerprint density at radius 2 is 1.92 bits per heavy atom. The van der Waals surface area contributed by atoms with Gasteiger partial charge in [0, 0.05) is 51.7 Å². The molecule has 5 heteroatoms. The Labute approximate surface area is 148 Å². The van der Waals surface area contributed by atoms with Gasteiger partial charge in [0.15, 0.2) is 0 Å². The third kappa shape index (κ3) is 2.74. The summed E-state index contributed by atoms with van der Waals surface area (Å²) in [5.41, 5.74) is 0.727. The van der Waals surface area contributed by atoms with Gasteiger partial charge < -0.3 is 14.5 Å². The van der Waals surface area contributed by atoms with Gasteiger partial charge in [-0.1, -0.05) is 30.3 Å². The minimum absolute atomic E-state index is 0.0505. The Morgan fingerprint density at radius 1 is 1.20 bits per heavy atom. The van der Waals surface area contributed by atoms with Crippen molar-refractivity contribution in [2.45, 2.75) is 25.2 Å². The molecule has 3 aliphatic heterocycles. The van der Waals surface area contributed by atoms with Crippen LogP contribution in [0, 0.1) is 11.3 Å². The van der Waals surface area contributed by atoms with E-state index in [1.807, 2.05) is 35.0 Å². The Hall–Kier alpha value is -1.88. The van der Waals surface area contributed by atoms with E-state index in [1.165, 1.54) is 5.56 Å². The van der Waals surface area contributed by atoms with Gasteiger partial charge in [-0.15, -0.1) is 0 Å². The van der Waals surface area contributed by atoms with Crippen molar-refractivity contribution in [3.05, 3.63) is 35.9 Å². The molecule has 134 valence electrons. The van der Waals surface area contributed by atoms with Gasteiger partial charge >= 0.3 is 0 Å². The third-order valence-electron chi connectivity index (χ3n) is 6.29. The quantitative estimate of drug-likeness (QED) is 0.825. The molecule has 4 rings (SSSR count). The summed E-state index contributed by atoms with van der Waals surface area (Å²) in [5, 5.41) is 0. The van der Waals surface area contributed by atoms with Crippen molar-refractivity contribution < 1.29 is 14.3 Å². The maximum absolute atomic E-state index is 13.1. The van der Waals surface area contributed by atoms with E-state index in [-0.39, 0.29) is 23.7 Å². The molecule has 3 aliphatic rings. The van der Waals surface area contributed by atoms with E-state index in [1.54, 1.807) is 0 Å². The largest absolute Gasteiger partial charge is 0.381 e. The van der Waals surface area contributed by atoms with E-state index in [9.17, 15) is 9.59 Å². The van der Waals surface area contributed by atoms with Gasteiger partial charge in [0.2, 0.25) is 11.8 Å². The van der Waals surface area contributed by atoms with E-state index in [2.05, 4.69) is 12.1 Å². The Balaban J connectivity index is 1.63. The van der Waals surface area contributed by atoms with Gasteiger partial charge in [0.25, 0.3) is 0 Å². The van der Waals surface area contributed by atoms with Gasteiger partial charge in [-0.25, -0.2) is 0 Å². The van der Waals surface area contributed by atoms with Crippen LogP contribution in [0.1, 0.15) is 30.7 Å². The molecule has 0 unspecified atom stereocenters. The Bertz CT molecular complexity index is 656. The fourth-order valence-electron chi connectivity index (χ4n) is 4.82. The van der Waals surface area contributed by atoms with Crippen LogP contribution in [0.25, 0.3) is 0 Å². The first-order chi connectivity index (χ1) is 12.1. The van der Waals surface area contributed by atoms with Crippen molar-refractivity contribution in [3.63, 3.8) is 0 Å². The van der Waals surface area contributed by atoms with Crippen LogP contribution in [0.5, 0.6) is 0 Å². The first-order valence-corrected chi connectivity index (χ1v) is 9.29. The van der Waals surface area contributed by atoms with Crippen molar-refractivity contribution in [3.8, 4) is 0 Å². The standard InChI is InChI=1S/C20H26N2O3/c1-21-10-9-20(19(21)24)14-22(18(23)16-7-11-25-12-8-16)13-17(20)15-5-3-2-4-6-15/h2-6,16-17H,7-14H2,1H3/t17-,20+/m0/s1. The zero-order valence-electron chi connectivity index (χ0n) is 14.8. The number of ether oxygens (including phenoxy) is 1. The molecule has 0 aromatic heterocycles. The van der Waals surface area contributed by atoms with Crippen LogP contribution >= 0.6 is 0 Å². The van der Waals surface area contributed by atoms with E-state index < -0.39 is 5.41 Å². The summed E-state index contributed by atoms with van der Waals surface area (Å²) < 4.78 is 5.40. The number of hydrogen-bond donors (Lipinski definition) is 0. The number of amides is 2. The minimum atomic E-state index is -0.447. The summed E-state index contributed by atoms with van der Waals surface area (Å²) in [7, 11) is 1.88. The Morgan fingerprint density at radius 3 is 2.56 bits per heavy atom. The molecule has 0 saturated carbocycles. The number of benzene rings is 1. The van der Waals surface area contributed by atoms with Gasteiger partial charge in [-0.05, 0) is 24.8 Å². The normalized spacial score (nSPS) is 30.4. The summed E-state index contributed by atoms with van der Waals surface area (Å²) >= 11 is 0. The second-order valence-electron chi connectivity index (χ2n) is 7.70. The number of nitrogens with zero attached hydrogens (tertiary/aromatic N) is 2. The van der Waals surface area contributed by atoms with Crippen LogP contribution < -0.4 is 0 Å². The van der Waals surface area contributed by atoms with Crippen LogP contribution in [0.15, 0.2) is 30.3 Å². The number of hydrogen-bond acceptors (Lipinski definition) is 3. The topological polar surface area (TPSA) is 49.9 Å². The first-order valence-electron chi connectivity index (χ1n) is 9.29. The SMILES string of the molecule is CN1CC[C@]2(CN(C(=O)C3CCOCC3)C[C@H]2c2ccccc2)C1=O. The maximum Gasteiger partial charge on any atom is 0.231 e. The molecule has 3 saturated heterocycles. The summed E-state index contributed by atoms with van der Waals surface area (Å²) in [5.74, 6) is 0.552. The highest BCUT2D eigenvalue weighted by Crippen LogP contribution is 2.50. The average Bonchev–Trinajstić information content (AvgIpc) is 3.19. The molecule has 2 amide bonds. The molecule has 3 fully saturated rings. The zero-order chi connectivity index (χ0) is 17.4. The molecule has 1 aromatic rings. The molecule has 2 atom stereocenters. The van der Waals surface area contributed by atoms with Crippen molar-refractivity contribution in [2.75, 3.05) is 39.9 Å². The second kappa shape index (κ2) is 6.45. The van der Waals surface area contributed by atoms with Crippen LogP contribution in [-0.2, 0) is 14.3 Å². The van der Waals surface area contributed by atoms with Gasteiger partial charge in [-0.2, -0.15) is 0 Å². The molecule has 0 aliphatic carbocycles. The van der Waals surface area contributed by atoms with Crippen molar-refractivity contribution in [1.29, 1.82) is 0 Å². The van der Waals surface area contributed by atoms with E-state index in [0.717, 1.165) is 25.8 Å². The van der Waals surface area contributed by atoms with Crippen LogP contribution in [-0.4, -0.2) is 61.5 Å². The highest BCUT2D eigenvalue weighted by Gasteiger charge is 2.57. The summed E-state index contributed by atoms with van der Waals surface area (Å²) in [6, 6.07) is 10.2. The molecule has 0 N–H and O–H groups in total. The molecule has 5 nitrogen and oxygen atoms in total. The lowest BCUT2D eigenvalue weighted by Gasteiger charge is -2.29. The van der Waals surface area contributed by atoms with Crippen molar-refractivity contribution in [1.82, 2.24) is 9.80 Å². The summed E-state index contributed by atoms with van der Waals surface area (Å²) in [6.45, 7) is 3.32. The molecular formula is C20H26N2O3. The lowest BCUT2D eigenvalue weighted by Crippen LogP contribution is -2.41. The number of rotatable bonds is 2. The second-order valence-corrected chi connectivity index (χ2v) is 7.70. The first kappa shape index (κ1) is 16.6. The lowest BCUT2D eigenvalue weighted by molar-refractivity contribution is -0.139. The predicted molar refractivity (Wildman–Crippen MR) is 94.0 cm³/mol. The number of carbonyl (C=O) groups excluding carboxylic acids is 2. The highest BCUT2D eigenvalue weighted by molar-refractivity contribution is 5.89. The molecular weight excluding hydrogens is 316 g/mol. The molecule has 3 heterocycles. The van der Waals surface area contributed by atoms with E-state index in [0.29, 0.717) is 26.3 Å². The number of carbonyl (C=O) groups is 2. The Kier molecular flexibility index (Phi) is 4.28. The predicted octanol–water partition coefficient (Wildman–Crippen LogP) is 1.89. The monoisotopic (exact) mass is 342 g/mol. The molecule has 25 heavy (non-hydrogen) atoms. The average molecular weight is 342 g/mol. The third-order valence-corrected chi connectivity index (χ3v) is 6.29. The highest BCUT2D eigenvalue weighted by atomic mass is 16.5. The van der Waals surface area contributed by atoms with E-state index in [4.69, 9.17) is 4.74 Å².